The molecule has 0 saturated carbocycles. The van der Waals surface area contributed by atoms with Gasteiger partial charge in [-0.1, -0.05) is 27.5 Å². The first-order valence-electron chi connectivity index (χ1n) is 5.74. The Morgan fingerprint density at radius 3 is 2.48 bits per heavy atom. The Kier molecular flexibility index (Phi) is 4.87. The summed E-state index contributed by atoms with van der Waals surface area (Å²) >= 11 is 12.4. The highest BCUT2D eigenvalue weighted by molar-refractivity contribution is 9.10. The van der Waals surface area contributed by atoms with E-state index in [2.05, 4.69) is 36.6 Å². The van der Waals surface area contributed by atoms with Gasteiger partial charge in [0.05, 0.1) is 10.6 Å². The third-order valence-electron chi connectivity index (χ3n) is 2.83. The minimum Gasteiger partial charge on any atom is -0.398 e. The highest BCUT2D eigenvalue weighted by Crippen LogP contribution is 2.31. The molecule has 8 heteroatoms. The Morgan fingerprint density at radius 2 is 1.86 bits per heavy atom. The summed E-state index contributed by atoms with van der Waals surface area (Å²) in [5.41, 5.74) is 7.11. The summed E-state index contributed by atoms with van der Waals surface area (Å²) in [5.74, 6) is 0. The molecule has 0 unspecified atom stereocenters. The van der Waals surface area contributed by atoms with Crippen LogP contribution in [-0.2, 0) is 10.0 Å². The van der Waals surface area contributed by atoms with Gasteiger partial charge in [0.25, 0.3) is 10.0 Å². The molecule has 21 heavy (non-hydrogen) atoms. The van der Waals surface area contributed by atoms with Gasteiger partial charge in [0.2, 0.25) is 0 Å². The van der Waals surface area contributed by atoms with Crippen molar-refractivity contribution in [1.29, 1.82) is 0 Å². The van der Waals surface area contributed by atoms with Crippen LogP contribution in [0.1, 0.15) is 5.56 Å². The SMILES string of the molecule is Cc1c(N)cc(Br)cc1S(=O)(=O)Nc1ccc(Cl)cc1Br. The predicted molar refractivity (Wildman–Crippen MR) is 93.3 cm³/mol. The number of nitrogens with two attached hydrogens (primary N) is 1. The Labute approximate surface area is 145 Å². The second-order valence-corrected chi connectivity index (χ2v) is 8.21. The van der Waals surface area contributed by atoms with Crippen LogP contribution >= 0.6 is 43.5 Å². The molecule has 0 amide bonds. The van der Waals surface area contributed by atoms with Crippen LogP contribution in [0.2, 0.25) is 5.02 Å². The van der Waals surface area contributed by atoms with Crippen molar-refractivity contribution < 1.29 is 8.42 Å². The molecule has 4 nitrogen and oxygen atoms in total. The summed E-state index contributed by atoms with van der Waals surface area (Å²) < 4.78 is 28.7. The quantitative estimate of drug-likeness (QED) is 0.668. The predicted octanol–water partition coefficient (Wildman–Crippen LogP) is 4.56. The molecule has 0 fully saturated rings. The number of anilines is 2. The highest BCUT2D eigenvalue weighted by atomic mass is 79.9. The van der Waals surface area contributed by atoms with Gasteiger partial charge >= 0.3 is 0 Å². The first-order chi connectivity index (χ1) is 9.70. The van der Waals surface area contributed by atoms with E-state index in [-0.39, 0.29) is 4.90 Å². The van der Waals surface area contributed by atoms with E-state index in [0.29, 0.717) is 30.9 Å². The fraction of sp³-hybridized carbons (Fsp3) is 0.0769. The van der Waals surface area contributed by atoms with Crippen LogP contribution in [0.4, 0.5) is 11.4 Å². The van der Waals surface area contributed by atoms with E-state index in [4.69, 9.17) is 17.3 Å². The first kappa shape index (κ1) is 16.6. The van der Waals surface area contributed by atoms with Crippen molar-refractivity contribution in [1.82, 2.24) is 0 Å². The summed E-state index contributed by atoms with van der Waals surface area (Å²) in [6.07, 6.45) is 0. The number of benzene rings is 2. The Bertz CT molecular complexity index is 810. The number of rotatable bonds is 3. The van der Waals surface area contributed by atoms with Gasteiger partial charge in [-0.05, 0) is 58.7 Å². The molecule has 0 aromatic heterocycles. The van der Waals surface area contributed by atoms with Crippen molar-refractivity contribution in [2.75, 3.05) is 10.5 Å². The van der Waals surface area contributed by atoms with Gasteiger partial charge in [-0.3, -0.25) is 4.72 Å². The standard InChI is InChI=1S/C13H11Br2ClN2O2S/c1-7-11(17)4-8(14)5-13(7)21(19,20)18-12-3-2-9(16)6-10(12)15/h2-6,18H,17H2,1H3. The summed E-state index contributed by atoms with van der Waals surface area (Å²) in [4.78, 5) is 0.122. The van der Waals surface area contributed by atoms with Gasteiger partial charge in [-0.25, -0.2) is 8.42 Å². The van der Waals surface area contributed by atoms with Gasteiger partial charge in [0, 0.05) is 19.7 Å². The van der Waals surface area contributed by atoms with Gasteiger partial charge in [-0.15, -0.1) is 0 Å². The normalized spacial score (nSPS) is 11.4. The van der Waals surface area contributed by atoms with Crippen molar-refractivity contribution in [3.8, 4) is 0 Å². The lowest BCUT2D eigenvalue weighted by Crippen LogP contribution is -2.15. The number of halogens is 3. The second-order valence-electron chi connectivity index (χ2n) is 4.35. The average Bonchev–Trinajstić information content (AvgIpc) is 2.37. The Balaban J connectivity index is 2.48. The van der Waals surface area contributed by atoms with Gasteiger partial charge < -0.3 is 5.73 Å². The number of nitrogen functional groups attached to an aromatic ring is 1. The van der Waals surface area contributed by atoms with Crippen molar-refractivity contribution in [3.63, 3.8) is 0 Å². The van der Waals surface area contributed by atoms with E-state index in [1.165, 1.54) is 6.07 Å². The maximum atomic E-state index is 12.5. The molecule has 0 aliphatic heterocycles. The van der Waals surface area contributed by atoms with Crippen molar-refractivity contribution in [3.05, 3.63) is 49.9 Å². The topological polar surface area (TPSA) is 72.2 Å². The molecule has 0 heterocycles. The zero-order chi connectivity index (χ0) is 15.8. The summed E-state index contributed by atoms with van der Waals surface area (Å²) in [6, 6.07) is 7.97. The van der Waals surface area contributed by atoms with E-state index in [1.807, 2.05) is 0 Å². The van der Waals surface area contributed by atoms with E-state index in [1.54, 1.807) is 31.2 Å². The fourth-order valence-electron chi connectivity index (χ4n) is 1.73. The average molecular weight is 455 g/mol. The minimum absolute atomic E-state index is 0.122. The lowest BCUT2D eigenvalue weighted by molar-refractivity contribution is 0.600. The largest absolute Gasteiger partial charge is 0.398 e. The maximum Gasteiger partial charge on any atom is 0.262 e. The zero-order valence-corrected chi connectivity index (χ0v) is 15.6. The second kappa shape index (κ2) is 6.16. The molecule has 0 bridgehead atoms. The van der Waals surface area contributed by atoms with Gasteiger partial charge in [0.1, 0.15) is 0 Å². The minimum atomic E-state index is -3.76. The van der Waals surface area contributed by atoms with Crippen LogP contribution < -0.4 is 10.5 Å². The van der Waals surface area contributed by atoms with Crippen molar-refractivity contribution >= 4 is 64.9 Å². The molecule has 2 rings (SSSR count). The van der Waals surface area contributed by atoms with Crippen LogP contribution in [0.15, 0.2) is 44.2 Å². The number of sulfonamides is 1. The van der Waals surface area contributed by atoms with Crippen LogP contribution in [0.5, 0.6) is 0 Å². The maximum absolute atomic E-state index is 12.5. The molecule has 0 aliphatic rings. The first-order valence-corrected chi connectivity index (χ1v) is 9.19. The number of hydrogen-bond donors (Lipinski definition) is 2. The van der Waals surface area contributed by atoms with Crippen LogP contribution in [0.25, 0.3) is 0 Å². The van der Waals surface area contributed by atoms with Crippen LogP contribution in [-0.4, -0.2) is 8.42 Å². The molecule has 0 saturated heterocycles. The van der Waals surface area contributed by atoms with Crippen LogP contribution in [0, 0.1) is 6.92 Å². The van der Waals surface area contributed by atoms with Gasteiger partial charge in [0.15, 0.2) is 0 Å². The van der Waals surface area contributed by atoms with E-state index in [9.17, 15) is 8.42 Å². The third kappa shape index (κ3) is 3.71. The molecule has 0 radical (unpaired) electrons. The molecule has 2 aromatic carbocycles. The summed E-state index contributed by atoms with van der Waals surface area (Å²) in [5, 5.41) is 0.507. The summed E-state index contributed by atoms with van der Waals surface area (Å²) in [7, 11) is -3.76. The highest BCUT2D eigenvalue weighted by Gasteiger charge is 2.20. The molecule has 0 spiro atoms. The number of hydrogen-bond acceptors (Lipinski definition) is 3. The van der Waals surface area contributed by atoms with Crippen molar-refractivity contribution in [2.24, 2.45) is 0 Å². The van der Waals surface area contributed by atoms with Gasteiger partial charge in [-0.2, -0.15) is 0 Å². The monoisotopic (exact) mass is 452 g/mol. The number of nitrogens with one attached hydrogen (secondary N) is 1. The van der Waals surface area contributed by atoms with Crippen LogP contribution in [0.3, 0.4) is 0 Å². The van der Waals surface area contributed by atoms with E-state index in [0.717, 1.165) is 0 Å². The fourth-order valence-corrected chi connectivity index (χ4v) is 4.65. The zero-order valence-electron chi connectivity index (χ0n) is 10.8. The smallest absolute Gasteiger partial charge is 0.262 e. The Hall–Kier alpha value is -0.760. The van der Waals surface area contributed by atoms with Crippen molar-refractivity contribution in [2.45, 2.75) is 11.8 Å². The third-order valence-corrected chi connectivity index (χ3v) is 5.67. The molecule has 3 N–H and O–H groups in total. The molecule has 2 aromatic rings. The molecule has 0 atom stereocenters. The molecule has 0 aliphatic carbocycles. The molecular weight excluding hydrogens is 443 g/mol. The lowest BCUT2D eigenvalue weighted by atomic mass is 10.2. The molecular formula is C13H11Br2ClN2O2S. The van der Waals surface area contributed by atoms with E-state index < -0.39 is 10.0 Å². The molecule has 112 valence electrons. The lowest BCUT2D eigenvalue weighted by Gasteiger charge is -2.13. The Morgan fingerprint density at radius 1 is 1.19 bits per heavy atom. The van der Waals surface area contributed by atoms with E-state index >= 15 is 0 Å². The summed E-state index contributed by atoms with van der Waals surface area (Å²) in [6.45, 7) is 1.66.